The summed E-state index contributed by atoms with van der Waals surface area (Å²) in [4.78, 5) is 0. The highest BCUT2D eigenvalue weighted by Gasteiger charge is 2.23. The molecule has 0 aliphatic heterocycles. The molecule has 0 aliphatic carbocycles. The lowest BCUT2D eigenvalue weighted by atomic mass is 9.96. The molecule has 0 aliphatic rings. The van der Waals surface area contributed by atoms with Crippen molar-refractivity contribution in [1.82, 2.24) is 0 Å². The summed E-state index contributed by atoms with van der Waals surface area (Å²) in [7, 11) is 1.65. The molecule has 0 amide bonds. The zero-order valence-electron chi connectivity index (χ0n) is 13.8. The van der Waals surface area contributed by atoms with Crippen LogP contribution in [-0.4, -0.2) is 7.11 Å². The summed E-state index contributed by atoms with van der Waals surface area (Å²) in [5.41, 5.74) is 4.31. The predicted molar refractivity (Wildman–Crippen MR) is 90.4 cm³/mol. The van der Waals surface area contributed by atoms with E-state index in [1.807, 2.05) is 44.2 Å². The Balaban J connectivity index is 2.24. The zero-order valence-corrected chi connectivity index (χ0v) is 13.8. The summed E-state index contributed by atoms with van der Waals surface area (Å²) < 4.78 is 11.6. The van der Waals surface area contributed by atoms with Crippen LogP contribution in [0.1, 0.15) is 39.7 Å². The number of benzene rings is 2. The number of hydrogen-bond donors (Lipinski definition) is 0. The van der Waals surface area contributed by atoms with Crippen LogP contribution in [0.3, 0.4) is 0 Å². The molecule has 1 aromatic heterocycles. The molecule has 4 nitrogen and oxygen atoms in total. The van der Waals surface area contributed by atoms with Gasteiger partial charge in [0.05, 0.1) is 11.1 Å². The molecule has 4 heteroatoms. The fourth-order valence-corrected chi connectivity index (χ4v) is 2.96. The van der Waals surface area contributed by atoms with Crippen molar-refractivity contribution >= 4 is 11.0 Å². The van der Waals surface area contributed by atoms with E-state index in [-0.39, 0.29) is 6.10 Å². The number of furan rings is 1. The van der Waals surface area contributed by atoms with Crippen LogP contribution >= 0.6 is 0 Å². The van der Waals surface area contributed by atoms with Crippen molar-refractivity contribution in [2.75, 3.05) is 7.11 Å². The Bertz CT molecular complexity index is 986. The standard InChI is InChI=1S/C20H16N2O2/c1-12-4-6-14(7-5-12)20(23-3)19-13(2)24-18-9-16(11-22)15(10-21)8-17(18)19/h4-9,20H,1-3H3. The van der Waals surface area contributed by atoms with Crippen LogP contribution in [0.25, 0.3) is 11.0 Å². The van der Waals surface area contributed by atoms with Crippen molar-refractivity contribution in [3.05, 3.63) is 70.0 Å². The Labute approximate surface area is 140 Å². The maximum atomic E-state index is 9.29. The molecule has 0 radical (unpaired) electrons. The van der Waals surface area contributed by atoms with Gasteiger partial charge in [-0.2, -0.15) is 10.5 Å². The fraction of sp³-hybridized carbons (Fsp3) is 0.200. The Hall–Kier alpha value is -3.08. The van der Waals surface area contributed by atoms with Crippen molar-refractivity contribution in [1.29, 1.82) is 10.5 Å². The minimum atomic E-state index is -0.300. The molecule has 0 fully saturated rings. The smallest absolute Gasteiger partial charge is 0.136 e. The lowest BCUT2D eigenvalue weighted by molar-refractivity contribution is 0.136. The van der Waals surface area contributed by atoms with Gasteiger partial charge in [-0.25, -0.2) is 0 Å². The summed E-state index contributed by atoms with van der Waals surface area (Å²) >= 11 is 0. The van der Waals surface area contributed by atoms with Crippen LogP contribution < -0.4 is 0 Å². The van der Waals surface area contributed by atoms with Crippen molar-refractivity contribution in [2.24, 2.45) is 0 Å². The monoisotopic (exact) mass is 316 g/mol. The molecular weight excluding hydrogens is 300 g/mol. The molecule has 0 spiro atoms. The normalized spacial score (nSPS) is 11.9. The molecule has 118 valence electrons. The highest BCUT2D eigenvalue weighted by molar-refractivity contribution is 5.86. The van der Waals surface area contributed by atoms with E-state index >= 15 is 0 Å². The molecule has 2 aromatic carbocycles. The third kappa shape index (κ3) is 2.54. The largest absolute Gasteiger partial charge is 0.461 e. The van der Waals surface area contributed by atoms with Gasteiger partial charge in [-0.1, -0.05) is 29.8 Å². The predicted octanol–water partition coefficient (Wildman–Crippen LogP) is 4.53. The summed E-state index contributed by atoms with van der Waals surface area (Å²) in [6.45, 7) is 3.90. The number of hydrogen-bond acceptors (Lipinski definition) is 4. The lowest BCUT2D eigenvalue weighted by Crippen LogP contribution is -2.04. The van der Waals surface area contributed by atoms with Crippen molar-refractivity contribution in [3.8, 4) is 12.1 Å². The van der Waals surface area contributed by atoms with Crippen molar-refractivity contribution in [2.45, 2.75) is 20.0 Å². The SMILES string of the molecule is COC(c1ccc(C)cc1)c1c(C)oc2cc(C#N)c(C#N)cc12. The van der Waals surface area contributed by atoms with E-state index < -0.39 is 0 Å². The van der Waals surface area contributed by atoms with E-state index in [1.54, 1.807) is 19.2 Å². The Kier molecular flexibility index (Phi) is 4.08. The molecule has 24 heavy (non-hydrogen) atoms. The number of rotatable bonds is 3. The number of methoxy groups -OCH3 is 1. The third-order valence-electron chi connectivity index (χ3n) is 4.17. The zero-order chi connectivity index (χ0) is 17.3. The molecule has 1 heterocycles. The number of nitriles is 2. The Morgan fingerprint density at radius 3 is 2.21 bits per heavy atom. The second kappa shape index (κ2) is 6.20. The first-order valence-corrected chi connectivity index (χ1v) is 7.55. The summed E-state index contributed by atoms with van der Waals surface area (Å²) in [5.74, 6) is 0.719. The lowest BCUT2D eigenvalue weighted by Gasteiger charge is -2.16. The number of aryl methyl sites for hydroxylation is 2. The van der Waals surface area contributed by atoms with Gasteiger partial charge < -0.3 is 9.15 Å². The molecule has 0 bridgehead atoms. The molecular formula is C20H16N2O2. The van der Waals surface area contributed by atoms with Gasteiger partial charge in [0, 0.05) is 24.1 Å². The van der Waals surface area contributed by atoms with Gasteiger partial charge in [-0.05, 0) is 25.5 Å². The average molecular weight is 316 g/mol. The Morgan fingerprint density at radius 2 is 1.62 bits per heavy atom. The Morgan fingerprint density at radius 1 is 1.00 bits per heavy atom. The molecule has 1 unspecified atom stereocenters. The average Bonchev–Trinajstić information content (AvgIpc) is 2.91. The first kappa shape index (κ1) is 15.8. The summed E-state index contributed by atoms with van der Waals surface area (Å²) in [5, 5.41) is 19.3. The van der Waals surface area contributed by atoms with Gasteiger partial charge in [-0.3, -0.25) is 0 Å². The van der Waals surface area contributed by atoms with E-state index in [0.29, 0.717) is 16.7 Å². The second-order valence-electron chi connectivity index (χ2n) is 5.72. The number of ether oxygens (including phenoxy) is 1. The van der Waals surface area contributed by atoms with Crippen LogP contribution in [0.5, 0.6) is 0 Å². The molecule has 3 aromatic rings. The topological polar surface area (TPSA) is 69.9 Å². The highest BCUT2D eigenvalue weighted by Crippen LogP contribution is 2.37. The molecule has 0 saturated heterocycles. The van der Waals surface area contributed by atoms with Gasteiger partial charge in [0.25, 0.3) is 0 Å². The first-order valence-electron chi connectivity index (χ1n) is 7.55. The molecule has 0 saturated carbocycles. The summed E-state index contributed by atoms with van der Waals surface area (Å²) in [6, 6.07) is 15.6. The van der Waals surface area contributed by atoms with Crippen LogP contribution in [-0.2, 0) is 4.74 Å². The van der Waals surface area contributed by atoms with Crippen LogP contribution in [0.2, 0.25) is 0 Å². The van der Waals surface area contributed by atoms with E-state index in [2.05, 4.69) is 6.07 Å². The van der Waals surface area contributed by atoms with Gasteiger partial charge in [0.2, 0.25) is 0 Å². The fourth-order valence-electron chi connectivity index (χ4n) is 2.96. The quantitative estimate of drug-likeness (QED) is 0.712. The van der Waals surface area contributed by atoms with E-state index in [9.17, 15) is 10.5 Å². The van der Waals surface area contributed by atoms with Gasteiger partial charge in [0.1, 0.15) is 29.6 Å². The summed E-state index contributed by atoms with van der Waals surface area (Å²) in [6.07, 6.45) is -0.300. The minimum absolute atomic E-state index is 0.300. The first-order chi connectivity index (χ1) is 11.6. The molecule has 0 N–H and O–H groups in total. The highest BCUT2D eigenvalue weighted by atomic mass is 16.5. The van der Waals surface area contributed by atoms with Crippen molar-refractivity contribution < 1.29 is 9.15 Å². The number of fused-ring (bicyclic) bond motifs is 1. The van der Waals surface area contributed by atoms with Crippen LogP contribution in [0.15, 0.2) is 40.8 Å². The second-order valence-corrected chi connectivity index (χ2v) is 5.72. The number of nitrogens with zero attached hydrogens (tertiary/aromatic N) is 2. The maximum Gasteiger partial charge on any atom is 0.136 e. The van der Waals surface area contributed by atoms with Crippen LogP contribution in [0, 0.1) is 36.5 Å². The molecule has 3 rings (SSSR count). The van der Waals surface area contributed by atoms with Gasteiger partial charge >= 0.3 is 0 Å². The maximum absolute atomic E-state index is 9.29. The van der Waals surface area contributed by atoms with Gasteiger partial charge in [0.15, 0.2) is 0 Å². The van der Waals surface area contributed by atoms with E-state index in [1.165, 1.54) is 5.56 Å². The van der Waals surface area contributed by atoms with Crippen LogP contribution in [0.4, 0.5) is 0 Å². The van der Waals surface area contributed by atoms with Gasteiger partial charge in [-0.15, -0.1) is 0 Å². The van der Waals surface area contributed by atoms with E-state index in [4.69, 9.17) is 9.15 Å². The third-order valence-corrected chi connectivity index (χ3v) is 4.17. The molecule has 1 atom stereocenters. The van der Waals surface area contributed by atoms with Crippen molar-refractivity contribution in [3.63, 3.8) is 0 Å². The minimum Gasteiger partial charge on any atom is -0.461 e. The van der Waals surface area contributed by atoms with E-state index in [0.717, 1.165) is 22.3 Å².